The highest BCUT2D eigenvalue weighted by atomic mass is 32.2. The summed E-state index contributed by atoms with van der Waals surface area (Å²) in [6, 6.07) is 8.36. The minimum atomic E-state index is -0.450. The van der Waals surface area contributed by atoms with E-state index in [4.69, 9.17) is 10.5 Å². The van der Waals surface area contributed by atoms with Crippen molar-refractivity contribution in [3.8, 4) is 11.8 Å². The van der Waals surface area contributed by atoms with Crippen molar-refractivity contribution < 1.29 is 9.53 Å². The van der Waals surface area contributed by atoms with Crippen LogP contribution < -0.4 is 5.73 Å². The molecule has 2 heterocycles. The number of nitrogens with zero attached hydrogens (tertiary/aromatic N) is 3. The molecular weight excluding hydrogens is 392 g/mol. The fourth-order valence-electron chi connectivity index (χ4n) is 2.80. The Morgan fingerprint density at radius 3 is 2.93 bits per heavy atom. The number of thioether (sulfide) groups is 1. The van der Waals surface area contributed by atoms with Crippen LogP contribution in [0.4, 0.5) is 5.00 Å². The fourth-order valence-corrected chi connectivity index (χ4v) is 4.82. The Hall–Kier alpha value is -2.76. The lowest BCUT2D eigenvalue weighted by Gasteiger charge is -2.11. The summed E-state index contributed by atoms with van der Waals surface area (Å²) in [6.45, 7) is 6.11. The Balaban J connectivity index is 1.93. The number of ether oxygens (including phenoxy) is 1. The number of nitrogen functional groups attached to an aromatic ring is 1. The number of aromatic nitrogens is 2. The first kappa shape index (κ1) is 20.0. The minimum Gasteiger partial charge on any atom is -0.462 e. The molecule has 0 spiro atoms. The lowest BCUT2D eigenvalue weighted by molar-refractivity contribution is 0.0531. The predicted octanol–water partition coefficient (Wildman–Crippen LogP) is 4.47. The Bertz CT molecular complexity index is 1060. The molecular formula is C20H20N4O2S2. The van der Waals surface area contributed by atoms with Crippen LogP contribution in [0.25, 0.3) is 5.69 Å². The number of benzene rings is 1. The molecule has 144 valence electrons. The summed E-state index contributed by atoms with van der Waals surface area (Å²) in [4.78, 5) is 17.1. The molecule has 1 aromatic carbocycles. The van der Waals surface area contributed by atoms with E-state index in [-0.39, 0.29) is 6.61 Å². The Kier molecular flexibility index (Phi) is 6.07. The van der Waals surface area contributed by atoms with E-state index in [1.165, 1.54) is 11.8 Å². The summed E-state index contributed by atoms with van der Waals surface area (Å²) in [6.07, 6.45) is 3.65. The number of hydrogen-bond acceptors (Lipinski definition) is 7. The first-order valence-corrected chi connectivity index (χ1v) is 10.5. The number of nitriles is 1. The van der Waals surface area contributed by atoms with E-state index in [1.54, 1.807) is 13.1 Å². The van der Waals surface area contributed by atoms with Crippen molar-refractivity contribution >= 4 is 34.1 Å². The van der Waals surface area contributed by atoms with Crippen LogP contribution in [0.3, 0.4) is 0 Å². The van der Waals surface area contributed by atoms with E-state index < -0.39 is 5.97 Å². The fraction of sp³-hybridized carbons (Fsp3) is 0.250. The number of nitrogens with two attached hydrogens (primary N) is 1. The number of aryl methyl sites for hydroxylation is 2. The largest absolute Gasteiger partial charge is 0.462 e. The SMILES string of the molecule is CCOC(=O)c1sc(N)c(C#N)c1CSc1nccn1-c1cc(C)ccc1C. The maximum atomic E-state index is 12.3. The zero-order valence-corrected chi connectivity index (χ0v) is 17.5. The summed E-state index contributed by atoms with van der Waals surface area (Å²) < 4.78 is 7.13. The van der Waals surface area contributed by atoms with Crippen LogP contribution in [0.5, 0.6) is 0 Å². The molecule has 0 saturated carbocycles. The van der Waals surface area contributed by atoms with Gasteiger partial charge in [-0.15, -0.1) is 11.3 Å². The van der Waals surface area contributed by atoms with Crippen LogP contribution >= 0.6 is 23.1 Å². The van der Waals surface area contributed by atoms with E-state index >= 15 is 0 Å². The molecule has 0 amide bonds. The number of esters is 1. The average Bonchev–Trinajstić information content (AvgIpc) is 3.25. The summed E-state index contributed by atoms with van der Waals surface area (Å²) in [5.74, 6) is -0.0544. The van der Waals surface area contributed by atoms with Gasteiger partial charge in [0.05, 0.1) is 17.9 Å². The maximum Gasteiger partial charge on any atom is 0.348 e. The van der Waals surface area contributed by atoms with Gasteiger partial charge in [0.1, 0.15) is 15.9 Å². The van der Waals surface area contributed by atoms with Gasteiger partial charge in [-0.3, -0.25) is 4.57 Å². The van der Waals surface area contributed by atoms with Gasteiger partial charge >= 0.3 is 5.97 Å². The standard InChI is InChI=1S/C20H20N4O2S2/c1-4-26-19(25)17-15(14(10-21)18(22)28-17)11-27-20-23-7-8-24(20)16-9-12(2)5-6-13(16)3/h5-9H,4,11,22H2,1-3H3. The molecule has 8 heteroatoms. The number of rotatable bonds is 6. The van der Waals surface area contributed by atoms with E-state index in [9.17, 15) is 10.1 Å². The van der Waals surface area contributed by atoms with Crippen LogP contribution in [0, 0.1) is 25.2 Å². The Morgan fingerprint density at radius 1 is 1.43 bits per heavy atom. The first-order chi connectivity index (χ1) is 13.5. The number of imidazole rings is 1. The summed E-state index contributed by atoms with van der Waals surface area (Å²) in [5, 5.41) is 10.6. The van der Waals surface area contributed by atoms with Gasteiger partial charge in [-0.05, 0) is 38.0 Å². The number of anilines is 1. The summed E-state index contributed by atoms with van der Waals surface area (Å²) in [5.41, 5.74) is 10.2. The Morgan fingerprint density at radius 2 is 2.21 bits per heavy atom. The second-order valence-electron chi connectivity index (χ2n) is 6.14. The third kappa shape index (κ3) is 3.91. The van der Waals surface area contributed by atoms with Gasteiger partial charge in [0.2, 0.25) is 0 Å². The smallest absolute Gasteiger partial charge is 0.348 e. The number of thiophene rings is 1. The van der Waals surface area contributed by atoms with Crippen LogP contribution in [-0.4, -0.2) is 22.1 Å². The molecule has 0 aliphatic carbocycles. The third-order valence-corrected chi connectivity index (χ3v) is 6.22. The normalized spacial score (nSPS) is 10.6. The van der Waals surface area contributed by atoms with Crippen molar-refractivity contribution in [1.29, 1.82) is 5.26 Å². The van der Waals surface area contributed by atoms with Gasteiger partial charge in [-0.25, -0.2) is 9.78 Å². The maximum absolute atomic E-state index is 12.3. The van der Waals surface area contributed by atoms with Crippen molar-refractivity contribution in [3.05, 3.63) is 57.7 Å². The lowest BCUT2D eigenvalue weighted by Crippen LogP contribution is -2.05. The van der Waals surface area contributed by atoms with E-state index in [0.717, 1.165) is 33.3 Å². The van der Waals surface area contributed by atoms with Crippen molar-refractivity contribution in [1.82, 2.24) is 9.55 Å². The molecule has 0 unspecified atom stereocenters. The van der Waals surface area contributed by atoms with Gasteiger partial charge in [0, 0.05) is 23.7 Å². The molecule has 2 aromatic heterocycles. The van der Waals surface area contributed by atoms with Crippen LogP contribution in [0.1, 0.15) is 38.8 Å². The summed E-state index contributed by atoms with van der Waals surface area (Å²) in [7, 11) is 0. The number of hydrogen-bond donors (Lipinski definition) is 1. The predicted molar refractivity (Wildman–Crippen MR) is 112 cm³/mol. The quantitative estimate of drug-likeness (QED) is 0.474. The minimum absolute atomic E-state index is 0.266. The molecule has 3 aromatic rings. The molecule has 3 rings (SSSR count). The molecule has 0 saturated heterocycles. The van der Waals surface area contributed by atoms with E-state index in [2.05, 4.69) is 36.2 Å². The molecule has 0 aliphatic rings. The topological polar surface area (TPSA) is 93.9 Å². The number of carbonyl (C=O) groups is 1. The molecule has 0 bridgehead atoms. The van der Waals surface area contributed by atoms with Crippen molar-refractivity contribution in [2.45, 2.75) is 31.7 Å². The van der Waals surface area contributed by atoms with Gasteiger partial charge in [-0.1, -0.05) is 23.9 Å². The highest BCUT2D eigenvalue weighted by Gasteiger charge is 2.23. The van der Waals surface area contributed by atoms with Gasteiger partial charge in [0.25, 0.3) is 0 Å². The molecule has 0 fully saturated rings. The Labute approximate surface area is 172 Å². The van der Waals surface area contributed by atoms with Crippen LogP contribution in [-0.2, 0) is 10.5 Å². The first-order valence-electron chi connectivity index (χ1n) is 8.68. The van der Waals surface area contributed by atoms with Gasteiger partial charge in [-0.2, -0.15) is 5.26 Å². The van der Waals surface area contributed by atoms with E-state index in [0.29, 0.717) is 26.8 Å². The third-order valence-electron chi connectivity index (χ3n) is 4.18. The van der Waals surface area contributed by atoms with Gasteiger partial charge < -0.3 is 10.5 Å². The molecule has 0 atom stereocenters. The van der Waals surface area contributed by atoms with Crippen molar-refractivity contribution in [2.75, 3.05) is 12.3 Å². The highest BCUT2D eigenvalue weighted by Crippen LogP contribution is 2.36. The van der Waals surface area contributed by atoms with Crippen molar-refractivity contribution in [2.24, 2.45) is 0 Å². The van der Waals surface area contributed by atoms with Crippen LogP contribution in [0.15, 0.2) is 35.7 Å². The van der Waals surface area contributed by atoms with Crippen LogP contribution in [0.2, 0.25) is 0 Å². The molecule has 0 aliphatic heterocycles. The van der Waals surface area contributed by atoms with E-state index in [1.807, 2.05) is 17.7 Å². The van der Waals surface area contributed by atoms with Crippen molar-refractivity contribution in [3.63, 3.8) is 0 Å². The highest BCUT2D eigenvalue weighted by molar-refractivity contribution is 7.98. The monoisotopic (exact) mass is 412 g/mol. The summed E-state index contributed by atoms with van der Waals surface area (Å²) >= 11 is 2.55. The lowest BCUT2D eigenvalue weighted by atomic mass is 10.1. The molecule has 2 N–H and O–H groups in total. The average molecular weight is 413 g/mol. The number of carbonyl (C=O) groups excluding carboxylic acids is 1. The molecule has 0 radical (unpaired) electrons. The zero-order valence-electron chi connectivity index (χ0n) is 15.9. The second kappa shape index (κ2) is 8.50. The molecule has 28 heavy (non-hydrogen) atoms. The second-order valence-corrected chi connectivity index (χ2v) is 8.13. The molecule has 6 nitrogen and oxygen atoms in total. The zero-order chi connectivity index (χ0) is 20.3. The van der Waals surface area contributed by atoms with Gasteiger partial charge in [0.15, 0.2) is 5.16 Å².